The third-order valence-electron chi connectivity index (χ3n) is 5.33. The number of carbonyl (C=O) groups excluding carboxylic acids is 1. The van der Waals surface area contributed by atoms with Gasteiger partial charge in [0.2, 0.25) is 6.41 Å². The average Bonchev–Trinajstić information content (AvgIpc) is 3.31. The van der Waals surface area contributed by atoms with Gasteiger partial charge in [-0.05, 0) is 70.7 Å². The first kappa shape index (κ1) is 31.9. The minimum atomic E-state index is -0.356. The van der Waals surface area contributed by atoms with Crippen molar-refractivity contribution in [3.8, 4) is 0 Å². The minimum absolute atomic E-state index is 0.0697. The van der Waals surface area contributed by atoms with Crippen LogP contribution in [0.15, 0.2) is 41.0 Å². The van der Waals surface area contributed by atoms with Crippen molar-refractivity contribution in [1.82, 2.24) is 5.32 Å². The fraction of sp³-hybridized carbons (Fsp3) is 0.600. The van der Waals surface area contributed by atoms with Gasteiger partial charge in [-0.2, -0.15) is 11.8 Å². The average molecular weight is 496 g/mol. The summed E-state index contributed by atoms with van der Waals surface area (Å²) in [5, 5.41) is 23.5. The van der Waals surface area contributed by atoms with Crippen LogP contribution in [0.5, 0.6) is 0 Å². The molecule has 34 heavy (non-hydrogen) atoms. The quantitative estimate of drug-likeness (QED) is 0.166. The summed E-state index contributed by atoms with van der Waals surface area (Å²) in [5.41, 5.74) is 13.2. The lowest BCUT2D eigenvalue weighted by molar-refractivity contribution is -0.106. The van der Waals surface area contributed by atoms with Crippen LogP contribution in [0.25, 0.3) is 0 Å². The molecule has 1 amide bonds. The molecule has 0 atom stereocenters. The smallest absolute Gasteiger partial charge is 0.204 e. The topological polar surface area (TPSA) is 146 Å². The Bertz CT molecular complexity index is 743. The Morgan fingerprint density at radius 1 is 1.24 bits per heavy atom. The van der Waals surface area contributed by atoms with Crippen LogP contribution in [-0.2, 0) is 4.79 Å². The third kappa shape index (κ3) is 11.4. The summed E-state index contributed by atoms with van der Waals surface area (Å²) in [4.78, 5) is 13.4. The number of benzene rings is 1. The van der Waals surface area contributed by atoms with E-state index in [1.807, 2.05) is 49.9 Å². The lowest BCUT2D eigenvalue weighted by Gasteiger charge is -2.28. The normalized spacial score (nSPS) is 15.5. The maximum Gasteiger partial charge on any atom is 0.204 e. The zero-order chi connectivity index (χ0) is 26.0. The van der Waals surface area contributed by atoms with Gasteiger partial charge in [-0.3, -0.25) is 4.79 Å². The molecule has 2 rings (SSSR count). The molecule has 0 saturated heterocycles. The zero-order valence-electron chi connectivity index (χ0n) is 21.4. The number of nitrogens with one attached hydrogen (secondary N) is 2. The van der Waals surface area contributed by atoms with Crippen LogP contribution < -0.4 is 22.1 Å². The van der Waals surface area contributed by atoms with Gasteiger partial charge in [-0.1, -0.05) is 25.8 Å². The van der Waals surface area contributed by atoms with Gasteiger partial charge in [-0.25, -0.2) is 4.99 Å². The number of hydrogen-bond donors (Lipinski definition) is 6. The molecular weight excluding hydrogens is 450 g/mol. The van der Waals surface area contributed by atoms with Crippen LogP contribution in [0.4, 0.5) is 5.69 Å². The van der Waals surface area contributed by atoms with Gasteiger partial charge >= 0.3 is 0 Å². The number of amidine groups is 1. The van der Waals surface area contributed by atoms with Crippen molar-refractivity contribution in [2.45, 2.75) is 63.2 Å². The maximum absolute atomic E-state index is 9.39. The number of aliphatic hydroxyl groups excluding tert-OH is 2. The van der Waals surface area contributed by atoms with Gasteiger partial charge in [0, 0.05) is 17.8 Å². The van der Waals surface area contributed by atoms with E-state index in [1.54, 1.807) is 7.05 Å². The number of hydrogen-bond acceptors (Lipinski definition) is 7. The number of aliphatic imine (C=N–C) groups is 1. The molecule has 1 fully saturated rings. The Morgan fingerprint density at radius 2 is 1.79 bits per heavy atom. The van der Waals surface area contributed by atoms with Gasteiger partial charge in [0.1, 0.15) is 5.84 Å². The third-order valence-corrected chi connectivity index (χ3v) is 6.73. The van der Waals surface area contributed by atoms with Crippen LogP contribution in [0.2, 0.25) is 0 Å². The van der Waals surface area contributed by atoms with Gasteiger partial charge in [0.15, 0.2) is 0 Å². The van der Waals surface area contributed by atoms with Gasteiger partial charge in [0.05, 0.1) is 29.2 Å². The summed E-state index contributed by atoms with van der Waals surface area (Å²) in [6, 6.07) is 7.94. The second-order valence-electron chi connectivity index (χ2n) is 8.61. The second kappa shape index (κ2) is 17.4. The van der Waals surface area contributed by atoms with Crippen LogP contribution in [0.1, 0.15) is 58.4 Å². The standard InChI is InChI=1S/C21H33N3OS.C3H9NO.CH3NO/c1-5-8-18(21(26-4)13-6-7-14-21)23-19(22)16-9-11-17(12-10-16)24-20(2,3)15-25;1-4-2-3-5;2-1-3/h8-12,24-25H,5-7,13-15H2,1-4H3,(H2,22,23);4-5H,2-3H2,1H3;1H,(H2,2,3)/b18-8-;;. The zero-order valence-corrected chi connectivity index (χ0v) is 22.3. The van der Waals surface area contributed by atoms with Crippen molar-refractivity contribution in [3.05, 3.63) is 41.6 Å². The molecule has 0 aromatic heterocycles. The first-order valence-corrected chi connectivity index (χ1v) is 12.9. The summed E-state index contributed by atoms with van der Waals surface area (Å²) < 4.78 is 0.118. The molecule has 8 nitrogen and oxygen atoms in total. The number of thioether (sulfide) groups is 1. The SMILES string of the molecule is CC/C=C(\N=C(N)c1ccc(NC(C)(C)CO)cc1)C1(SC)CCCC1.CNCCO.NC=O. The van der Waals surface area contributed by atoms with Crippen molar-refractivity contribution in [2.75, 3.05) is 38.4 Å². The highest BCUT2D eigenvalue weighted by Gasteiger charge is 2.36. The molecule has 1 saturated carbocycles. The lowest BCUT2D eigenvalue weighted by Crippen LogP contribution is -2.34. The van der Waals surface area contributed by atoms with Crippen molar-refractivity contribution < 1.29 is 15.0 Å². The summed E-state index contributed by atoms with van der Waals surface area (Å²) in [5.74, 6) is 0.568. The predicted octanol–water partition coefficient (Wildman–Crippen LogP) is 2.84. The molecule has 8 N–H and O–H groups in total. The van der Waals surface area contributed by atoms with E-state index in [1.165, 1.54) is 25.7 Å². The molecule has 0 unspecified atom stereocenters. The van der Waals surface area contributed by atoms with Crippen molar-refractivity contribution >= 4 is 29.7 Å². The summed E-state index contributed by atoms with van der Waals surface area (Å²) in [6.45, 7) is 7.07. The van der Waals surface area contributed by atoms with E-state index in [2.05, 4.69) is 35.6 Å². The number of aliphatic hydroxyl groups is 2. The number of nitrogens with zero attached hydrogens (tertiary/aromatic N) is 1. The highest BCUT2D eigenvalue weighted by Crippen LogP contribution is 2.46. The Balaban J connectivity index is 0.00000118. The van der Waals surface area contributed by atoms with Crippen LogP contribution in [0, 0.1) is 0 Å². The molecule has 1 aromatic carbocycles. The summed E-state index contributed by atoms with van der Waals surface area (Å²) >= 11 is 1.91. The van der Waals surface area contributed by atoms with E-state index in [9.17, 15) is 5.11 Å². The van der Waals surface area contributed by atoms with Crippen LogP contribution >= 0.6 is 11.8 Å². The second-order valence-corrected chi connectivity index (χ2v) is 9.80. The molecule has 1 aliphatic carbocycles. The number of anilines is 1. The number of nitrogens with two attached hydrogens (primary N) is 2. The summed E-state index contributed by atoms with van der Waals surface area (Å²) in [7, 11) is 1.80. The lowest BCUT2D eigenvalue weighted by atomic mass is 10.0. The van der Waals surface area contributed by atoms with Crippen LogP contribution in [0.3, 0.4) is 0 Å². The number of likely N-dealkylation sites (N-methyl/N-ethyl adjacent to an activating group) is 1. The fourth-order valence-corrected chi connectivity index (χ4v) is 4.53. The number of amides is 1. The van der Waals surface area contributed by atoms with Crippen molar-refractivity contribution in [3.63, 3.8) is 0 Å². The fourth-order valence-electron chi connectivity index (χ4n) is 3.50. The Labute approximate surface area is 209 Å². The Hall–Kier alpha value is -2.07. The van der Waals surface area contributed by atoms with Crippen molar-refractivity contribution in [2.24, 2.45) is 16.5 Å². The van der Waals surface area contributed by atoms with E-state index in [-0.39, 0.29) is 29.9 Å². The number of rotatable bonds is 10. The van der Waals surface area contributed by atoms with E-state index >= 15 is 0 Å². The first-order chi connectivity index (χ1) is 16.2. The van der Waals surface area contributed by atoms with Gasteiger partial charge < -0.3 is 32.3 Å². The van der Waals surface area contributed by atoms with E-state index in [4.69, 9.17) is 20.6 Å². The number of carbonyl (C=O) groups is 1. The molecule has 0 bridgehead atoms. The van der Waals surface area contributed by atoms with Crippen molar-refractivity contribution in [1.29, 1.82) is 0 Å². The van der Waals surface area contributed by atoms with E-state index in [0.717, 1.165) is 23.4 Å². The molecule has 1 aliphatic rings. The maximum atomic E-state index is 9.39. The Kier molecular flexibility index (Phi) is 16.3. The molecule has 1 aromatic rings. The molecule has 0 radical (unpaired) electrons. The number of allylic oxidation sites excluding steroid dienone is 1. The largest absolute Gasteiger partial charge is 0.395 e. The molecule has 9 heteroatoms. The van der Waals surface area contributed by atoms with Gasteiger partial charge in [0.25, 0.3) is 0 Å². The molecular formula is C25H45N5O3S. The Morgan fingerprint density at radius 3 is 2.18 bits per heavy atom. The highest BCUT2D eigenvalue weighted by molar-refractivity contribution is 8.00. The monoisotopic (exact) mass is 495 g/mol. The molecule has 0 spiro atoms. The first-order valence-electron chi connectivity index (χ1n) is 11.7. The molecule has 194 valence electrons. The van der Waals surface area contributed by atoms with E-state index in [0.29, 0.717) is 12.4 Å². The molecule has 0 aliphatic heterocycles. The molecule has 0 heterocycles. The van der Waals surface area contributed by atoms with Gasteiger partial charge in [-0.15, -0.1) is 0 Å². The highest BCUT2D eigenvalue weighted by atomic mass is 32.2. The predicted molar refractivity (Wildman–Crippen MR) is 146 cm³/mol. The number of primary amides is 1. The van der Waals surface area contributed by atoms with E-state index < -0.39 is 0 Å². The van der Waals surface area contributed by atoms with Crippen LogP contribution in [-0.4, -0.2) is 65.8 Å². The minimum Gasteiger partial charge on any atom is -0.395 e. The summed E-state index contributed by atoms with van der Waals surface area (Å²) in [6.07, 6.45) is 10.5.